The van der Waals surface area contributed by atoms with E-state index < -0.39 is 10.0 Å². The standard InChI is InChI=1S/C19H17N7O3S2/c1-11-3-5-14(10-16(11)26-12(2)21-23-24-26)20-18(27)13-4-6-15-17(9-13)30-19-22-31(28,29)8-7-25(15)19/h3-6,9-10H,7-8H2,1-2H3,(H,20,27). The highest BCUT2D eigenvalue weighted by Gasteiger charge is 2.33. The zero-order valence-electron chi connectivity index (χ0n) is 16.6. The molecule has 3 heterocycles. The Balaban J connectivity index is 1.40. The second-order valence-corrected chi connectivity index (χ2v) is 9.95. The first-order valence-electron chi connectivity index (χ1n) is 9.40. The normalized spacial score (nSPS) is 16.5. The van der Waals surface area contributed by atoms with Crippen LogP contribution in [0.25, 0.3) is 5.69 Å². The lowest BCUT2D eigenvalue weighted by Gasteiger charge is -2.22. The molecular formula is C19H17N7O3S2. The molecule has 1 N–H and O–H groups in total. The van der Waals surface area contributed by atoms with E-state index in [9.17, 15) is 13.2 Å². The first-order valence-corrected chi connectivity index (χ1v) is 11.8. The predicted octanol–water partition coefficient (Wildman–Crippen LogP) is 2.14. The minimum atomic E-state index is -3.42. The molecule has 0 atom stereocenters. The van der Waals surface area contributed by atoms with Crippen LogP contribution in [-0.2, 0) is 10.0 Å². The second kappa shape index (κ2) is 7.17. The van der Waals surface area contributed by atoms with Crippen molar-refractivity contribution < 1.29 is 13.2 Å². The maximum absolute atomic E-state index is 12.9. The Bertz CT molecular complexity index is 1360. The van der Waals surface area contributed by atoms with Gasteiger partial charge in [0.15, 0.2) is 11.0 Å². The van der Waals surface area contributed by atoms with Crippen molar-refractivity contribution in [1.82, 2.24) is 20.2 Å². The largest absolute Gasteiger partial charge is 0.322 e. The number of anilines is 2. The summed E-state index contributed by atoms with van der Waals surface area (Å²) in [6, 6.07) is 10.8. The molecule has 31 heavy (non-hydrogen) atoms. The number of hydrogen-bond donors (Lipinski definition) is 1. The van der Waals surface area contributed by atoms with E-state index in [1.165, 1.54) is 11.8 Å². The number of sulfonamides is 1. The molecule has 0 aliphatic carbocycles. The first-order chi connectivity index (χ1) is 14.8. The maximum atomic E-state index is 12.9. The highest BCUT2D eigenvalue weighted by molar-refractivity contribution is 8.15. The lowest BCUT2D eigenvalue weighted by molar-refractivity contribution is 0.102. The molecule has 0 saturated carbocycles. The van der Waals surface area contributed by atoms with E-state index in [2.05, 4.69) is 25.2 Å². The summed E-state index contributed by atoms with van der Waals surface area (Å²) in [5.41, 5.74) is 3.69. The number of rotatable bonds is 3. The van der Waals surface area contributed by atoms with Crippen LogP contribution in [0.5, 0.6) is 0 Å². The Labute approximate surface area is 182 Å². The van der Waals surface area contributed by atoms with E-state index in [1.54, 1.807) is 23.7 Å². The maximum Gasteiger partial charge on any atom is 0.257 e. The summed E-state index contributed by atoms with van der Waals surface area (Å²) in [6.07, 6.45) is 0. The molecular weight excluding hydrogens is 438 g/mol. The average Bonchev–Trinajstić information content (AvgIpc) is 3.30. The summed E-state index contributed by atoms with van der Waals surface area (Å²) < 4.78 is 29.0. The monoisotopic (exact) mass is 455 g/mol. The molecule has 158 valence electrons. The molecule has 0 spiro atoms. The predicted molar refractivity (Wildman–Crippen MR) is 117 cm³/mol. The van der Waals surface area contributed by atoms with Crippen LogP contribution in [0.1, 0.15) is 21.7 Å². The van der Waals surface area contributed by atoms with Crippen LogP contribution in [0.3, 0.4) is 0 Å². The van der Waals surface area contributed by atoms with Gasteiger partial charge >= 0.3 is 0 Å². The summed E-state index contributed by atoms with van der Waals surface area (Å²) in [5, 5.41) is 14.9. The lowest BCUT2D eigenvalue weighted by atomic mass is 10.1. The van der Waals surface area contributed by atoms with Gasteiger partial charge in [-0.25, -0.2) is 8.42 Å². The van der Waals surface area contributed by atoms with Crippen molar-refractivity contribution in [2.45, 2.75) is 18.7 Å². The highest BCUT2D eigenvalue weighted by Crippen LogP contribution is 2.42. The number of aryl methyl sites for hydroxylation is 2. The highest BCUT2D eigenvalue weighted by atomic mass is 32.2. The second-order valence-electron chi connectivity index (χ2n) is 7.19. The Kier molecular flexibility index (Phi) is 4.55. The molecule has 0 unspecified atom stereocenters. The van der Waals surface area contributed by atoms with E-state index in [1.807, 2.05) is 36.1 Å². The topological polar surface area (TPSA) is 122 Å². The summed E-state index contributed by atoms with van der Waals surface area (Å²) in [5.74, 6) is 0.351. The fourth-order valence-electron chi connectivity index (χ4n) is 3.44. The zero-order valence-corrected chi connectivity index (χ0v) is 18.2. The number of tetrazole rings is 1. The van der Waals surface area contributed by atoms with Gasteiger partial charge in [-0.05, 0) is 71.9 Å². The molecule has 1 amide bonds. The minimum Gasteiger partial charge on any atom is -0.322 e. The molecule has 10 nitrogen and oxygen atoms in total. The summed E-state index contributed by atoms with van der Waals surface area (Å²) in [7, 11) is -3.42. The van der Waals surface area contributed by atoms with E-state index in [-0.39, 0.29) is 11.7 Å². The number of nitrogens with zero attached hydrogens (tertiary/aromatic N) is 6. The molecule has 12 heteroatoms. The minimum absolute atomic E-state index is 0.0186. The number of thioether (sulfide) groups is 1. The zero-order chi connectivity index (χ0) is 21.8. The Morgan fingerprint density at radius 1 is 1.13 bits per heavy atom. The van der Waals surface area contributed by atoms with E-state index in [0.717, 1.165) is 21.8 Å². The number of carbonyl (C=O) groups excluding carboxylic acids is 1. The van der Waals surface area contributed by atoms with Crippen molar-refractivity contribution >= 4 is 44.2 Å². The van der Waals surface area contributed by atoms with Gasteiger partial charge in [0, 0.05) is 22.7 Å². The number of nitrogens with one attached hydrogen (secondary N) is 1. The van der Waals surface area contributed by atoms with Crippen molar-refractivity contribution in [1.29, 1.82) is 0 Å². The molecule has 0 radical (unpaired) electrons. The van der Waals surface area contributed by atoms with Crippen LogP contribution in [0.15, 0.2) is 45.7 Å². The summed E-state index contributed by atoms with van der Waals surface area (Å²) in [6.45, 7) is 4.10. The molecule has 0 fully saturated rings. The number of benzene rings is 2. The van der Waals surface area contributed by atoms with Gasteiger partial charge in [0.05, 0.1) is 17.1 Å². The SMILES string of the molecule is Cc1ccc(NC(=O)c2ccc3c(c2)SC2=NS(=O)(=O)CCN23)cc1-n1nnnc1C. The molecule has 2 aromatic carbocycles. The molecule has 3 aromatic rings. The van der Waals surface area contributed by atoms with E-state index >= 15 is 0 Å². The number of amidine groups is 1. The quantitative estimate of drug-likeness (QED) is 0.637. The fraction of sp³-hybridized carbons (Fsp3) is 0.211. The Hall–Kier alpha value is -3.25. The number of carbonyl (C=O) groups is 1. The van der Waals surface area contributed by atoms with Crippen LogP contribution in [0, 0.1) is 13.8 Å². The van der Waals surface area contributed by atoms with E-state index in [0.29, 0.717) is 28.8 Å². The molecule has 0 saturated heterocycles. The molecule has 0 bridgehead atoms. The number of aromatic nitrogens is 4. The number of amides is 1. The average molecular weight is 456 g/mol. The van der Waals surface area contributed by atoms with Gasteiger partial charge in [-0.1, -0.05) is 6.07 Å². The molecule has 2 aliphatic rings. The number of hydrogen-bond acceptors (Lipinski definition) is 8. The first kappa shape index (κ1) is 19.7. The Morgan fingerprint density at radius 3 is 2.74 bits per heavy atom. The molecule has 2 aliphatic heterocycles. The number of fused-ring (bicyclic) bond motifs is 3. The van der Waals surface area contributed by atoms with Crippen molar-refractivity contribution in [3.05, 3.63) is 53.3 Å². The van der Waals surface area contributed by atoms with Crippen molar-refractivity contribution in [2.75, 3.05) is 22.5 Å². The third kappa shape index (κ3) is 3.57. The van der Waals surface area contributed by atoms with Gasteiger partial charge in [-0.3, -0.25) is 4.79 Å². The van der Waals surface area contributed by atoms with Crippen LogP contribution in [-0.4, -0.2) is 52.0 Å². The molecule has 1 aromatic heterocycles. The van der Waals surface area contributed by atoms with E-state index in [4.69, 9.17) is 0 Å². The summed E-state index contributed by atoms with van der Waals surface area (Å²) in [4.78, 5) is 15.5. The van der Waals surface area contributed by atoms with Crippen molar-refractivity contribution in [3.8, 4) is 5.69 Å². The van der Waals surface area contributed by atoms with Crippen LogP contribution >= 0.6 is 11.8 Å². The van der Waals surface area contributed by atoms with Crippen LogP contribution < -0.4 is 10.2 Å². The fourth-order valence-corrected chi connectivity index (χ4v) is 5.74. The van der Waals surface area contributed by atoms with Gasteiger partial charge in [-0.2, -0.15) is 4.68 Å². The smallest absolute Gasteiger partial charge is 0.257 e. The van der Waals surface area contributed by atoms with Crippen LogP contribution in [0.4, 0.5) is 11.4 Å². The third-order valence-electron chi connectivity index (χ3n) is 5.06. The van der Waals surface area contributed by atoms with Gasteiger partial charge < -0.3 is 10.2 Å². The van der Waals surface area contributed by atoms with Crippen LogP contribution in [0.2, 0.25) is 0 Å². The lowest BCUT2D eigenvalue weighted by Crippen LogP contribution is -2.35. The molecule has 5 rings (SSSR count). The summed E-state index contributed by atoms with van der Waals surface area (Å²) >= 11 is 1.26. The van der Waals surface area contributed by atoms with Crippen molar-refractivity contribution in [3.63, 3.8) is 0 Å². The van der Waals surface area contributed by atoms with Gasteiger partial charge in [0.25, 0.3) is 15.9 Å². The van der Waals surface area contributed by atoms with Crippen molar-refractivity contribution in [2.24, 2.45) is 4.40 Å². The van der Waals surface area contributed by atoms with Gasteiger partial charge in [-0.15, -0.1) is 9.50 Å². The third-order valence-corrected chi connectivity index (χ3v) is 7.36. The van der Waals surface area contributed by atoms with Gasteiger partial charge in [0.1, 0.15) is 0 Å². The Morgan fingerprint density at radius 2 is 1.97 bits per heavy atom. The van der Waals surface area contributed by atoms with Gasteiger partial charge in [0.2, 0.25) is 0 Å².